The van der Waals surface area contributed by atoms with Gasteiger partial charge >= 0.3 is 5.97 Å². The van der Waals surface area contributed by atoms with E-state index in [1.54, 1.807) is 0 Å². The molecule has 1 aliphatic rings. The summed E-state index contributed by atoms with van der Waals surface area (Å²) in [6, 6.07) is 6.76. The first-order valence-electron chi connectivity index (χ1n) is 7.18. The smallest absolute Gasteiger partial charge is 0.303 e. The number of aryl methyl sites for hydroxylation is 2. The summed E-state index contributed by atoms with van der Waals surface area (Å²) >= 11 is 0. The van der Waals surface area contributed by atoms with Crippen molar-refractivity contribution in [2.45, 2.75) is 45.6 Å². The summed E-state index contributed by atoms with van der Waals surface area (Å²) in [6.07, 6.45) is 5.28. The number of carboxylic acids is 1. The Morgan fingerprint density at radius 2 is 2.05 bits per heavy atom. The standard InChI is InChI=1S/C16H23NO2/c1-12(8-16(18)19)10-17-11-13-6-7-14-4-2-3-5-15(14)9-13/h6-7,9,12,17H,2-5,8,10-11H2,1H3,(H,18,19). The van der Waals surface area contributed by atoms with Crippen LogP contribution in [0, 0.1) is 5.92 Å². The molecule has 1 aromatic rings. The Bertz CT molecular complexity index is 442. The van der Waals surface area contributed by atoms with Crippen LogP contribution in [0.2, 0.25) is 0 Å². The lowest BCUT2D eigenvalue weighted by atomic mass is 9.90. The minimum Gasteiger partial charge on any atom is -0.481 e. The molecule has 0 aromatic heterocycles. The van der Waals surface area contributed by atoms with Crippen LogP contribution in [0.4, 0.5) is 0 Å². The summed E-state index contributed by atoms with van der Waals surface area (Å²) in [4.78, 5) is 10.6. The first kappa shape index (κ1) is 14.1. The maximum absolute atomic E-state index is 10.6. The largest absolute Gasteiger partial charge is 0.481 e. The van der Waals surface area contributed by atoms with E-state index in [9.17, 15) is 4.79 Å². The van der Waals surface area contributed by atoms with E-state index >= 15 is 0 Å². The molecule has 0 heterocycles. The van der Waals surface area contributed by atoms with Crippen molar-refractivity contribution in [1.82, 2.24) is 5.32 Å². The van der Waals surface area contributed by atoms with Gasteiger partial charge in [0.05, 0.1) is 0 Å². The molecular formula is C16H23NO2. The zero-order chi connectivity index (χ0) is 13.7. The number of carboxylic acid groups (broad SMARTS) is 1. The molecule has 1 aromatic carbocycles. The molecule has 2 N–H and O–H groups in total. The fraction of sp³-hybridized carbons (Fsp3) is 0.562. The quantitative estimate of drug-likeness (QED) is 0.828. The number of aliphatic carboxylic acids is 1. The molecule has 19 heavy (non-hydrogen) atoms. The monoisotopic (exact) mass is 261 g/mol. The van der Waals surface area contributed by atoms with E-state index in [0.717, 1.165) is 13.1 Å². The molecule has 0 radical (unpaired) electrons. The highest BCUT2D eigenvalue weighted by atomic mass is 16.4. The highest BCUT2D eigenvalue weighted by molar-refractivity contribution is 5.66. The van der Waals surface area contributed by atoms with Crippen LogP contribution in [0.5, 0.6) is 0 Å². The summed E-state index contributed by atoms with van der Waals surface area (Å²) in [5.41, 5.74) is 4.32. The van der Waals surface area contributed by atoms with Gasteiger partial charge in [-0.25, -0.2) is 0 Å². The summed E-state index contributed by atoms with van der Waals surface area (Å²) in [5.74, 6) is -0.543. The van der Waals surface area contributed by atoms with E-state index in [0.29, 0.717) is 0 Å². The van der Waals surface area contributed by atoms with E-state index in [-0.39, 0.29) is 12.3 Å². The normalized spacial score (nSPS) is 15.8. The minimum atomic E-state index is -0.719. The third kappa shape index (κ3) is 4.35. The molecule has 1 aliphatic carbocycles. The predicted molar refractivity (Wildman–Crippen MR) is 76.2 cm³/mol. The van der Waals surface area contributed by atoms with Gasteiger partial charge in [-0.2, -0.15) is 0 Å². The third-order valence-corrected chi connectivity index (χ3v) is 3.76. The number of hydrogen-bond donors (Lipinski definition) is 2. The highest BCUT2D eigenvalue weighted by Gasteiger charge is 2.10. The SMILES string of the molecule is CC(CNCc1ccc2c(c1)CCCC2)CC(=O)O. The highest BCUT2D eigenvalue weighted by Crippen LogP contribution is 2.22. The molecule has 104 valence electrons. The summed E-state index contributed by atoms with van der Waals surface area (Å²) in [5, 5.41) is 12.1. The van der Waals surface area contributed by atoms with Gasteiger partial charge in [-0.15, -0.1) is 0 Å². The average Bonchev–Trinajstić information content (AvgIpc) is 2.37. The van der Waals surface area contributed by atoms with Gasteiger partial charge < -0.3 is 10.4 Å². The molecule has 0 spiro atoms. The summed E-state index contributed by atoms with van der Waals surface area (Å²) in [6.45, 7) is 3.55. The van der Waals surface area contributed by atoms with Crippen molar-refractivity contribution < 1.29 is 9.90 Å². The number of carbonyl (C=O) groups is 1. The van der Waals surface area contributed by atoms with Crippen molar-refractivity contribution >= 4 is 5.97 Å². The first-order valence-corrected chi connectivity index (χ1v) is 7.18. The van der Waals surface area contributed by atoms with Crippen LogP contribution in [0.3, 0.4) is 0 Å². The van der Waals surface area contributed by atoms with Gasteiger partial charge in [0, 0.05) is 13.0 Å². The molecule has 0 saturated carbocycles. The Labute approximate surface area is 115 Å². The van der Waals surface area contributed by atoms with Gasteiger partial charge in [0.1, 0.15) is 0 Å². The van der Waals surface area contributed by atoms with Gasteiger partial charge in [-0.05, 0) is 54.8 Å². The zero-order valence-electron chi connectivity index (χ0n) is 11.6. The first-order chi connectivity index (χ1) is 9.15. The lowest BCUT2D eigenvalue weighted by Crippen LogP contribution is -2.22. The van der Waals surface area contributed by atoms with Gasteiger partial charge in [-0.3, -0.25) is 4.79 Å². The van der Waals surface area contributed by atoms with Crippen molar-refractivity contribution in [1.29, 1.82) is 0 Å². The molecule has 1 unspecified atom stereocenters. The molecule has 0 saturated heterocycles. The minimum absolute atomic E-state index is 0.176. The van der Waals surface area contributed by atoms with Crippen molar-refractivity contribution in [3.63, 3.8) is 0 Å². The van der Waals surface area contributed by atoms with Crippen LogP contribution in [0.1, 0.15) is 42.9 Å². The van der Waals surface area contributed by atoms with Gasteiger partial charge in [0.2, 0.25) is 0 Å². The van der Waals surface area contributed by atoms with Crippen molar-refractivity contribution in [3.05, 3.63) is 34.9 Å². The topological polar surface area (TPSA) is 49.3 Å². The molecule has 0 fully saturated rings. The maximum Gasteiger partial charge on any atom is 0.303 e. The molecule has 0 amide bonds. The molecular weight excluding hydrogens is 238 g/mol. The van der Waals surface area contributed by atoms with Gasteiger partial charge in [0.15, 0.2) is 0 Å². The number of hydrogen-bond acceptors (Lipinski definition) is 2. The predicted octanol–water partition coefficient (Wildman–Crippen LogP) is 2.77. The van der Waals surface area contributed by atoms with Crippen LogP contribution in [0.25, 0.3) is 0 Å². The van der Waals surface area contributed by atoms with Crippen molar-refractivity contribution in [2.24, 2.45) is 5.92 Å². The van der Waals surface area contributed by atoms with Crippen LogP contribution in [-0.2, 0) is 24.2 Å². The lowest BCUT2D eigenvalue weighted by molar-refractivity contribution is -0.137. The van der Waals surface area contributed by atoms with E-state index < -0.39 is 5.97 Å². The zero-order valence-corrected chi connectivity index (χ0v) is 11.6. The molecule has 1 atom stereocenters. The van der Waals surface area contributed by atoms with Gasteiger partial charge in [0.25, 0.3) is 0 Å². The molecule has 2 rings (SSSR count). The second kappa shape index (κ2) is 6.71. The Morgan fingerprint density at radius 3 is 2.79 bits per heavy atom. The number of rotatable bonds is 6. The van der Waals surface area contributed by atoms with E-state index in [1.807, 2.05) is 6.92 Å². The van der Waals surface area contributed by atoms with Crippen molar-refractivity contribution in [2.75, 3.05) is 6.54 Å². The maximum atomic E-state index is 10.6. The van der Waals surface area contributed by atoms with Crippen LogP contribution >= 0.6 is 0 Å². The van der Waals surface area contributed by atoms with Gasteiger partial charge in [-0.1, -0.05) is 25.1 Å². The van der Waals surface area contributed by atoms with Crippen molar-refractivity contribution in [3.8, 4) is 0 Å². The fourth-order valence-corrected chi connectivity index (χ4v) is 2.73. The molecule has 0 aliphatic heterocycles. The Hall–Kier alpha value is -1.35. The average molecular weight is 261 g/mol. The molecule has 3 heteroatoms. The van der Waals surface area contributed by atoms with E-state index in [2.05, 4.69) is 23.5 Å². The fourth-order valence-electron chi connectivity index (χ4n) is 2.73. The van der Waals surface area contributed by atoms with E-state index in [1.165, 1.54) is 42.4 Å². The Morgan fingerprint density at radius 1 is 1.32 bits per heavy atom. The summed E-state index contributed by atoms with van der Waals surface area (Å²) in [7, 11) is 0. The third-order valence-electron chi connectivity index (χ3n) is 3.76. The van der Waals surface area contributed by atoms with E-state index in [4.69, 9.17) is 5.11 Å². The van der Waals surface area contributed by atoms with Crippen LogP contribution in [-0.4, -0.2) is 17.6 Å². The number of benzene rings is 1. The summed E-state index contributed by atoms with van der Waals surface area (Å²) < 4.78 is 0. The lowest BCUT2D eigenvalue weighted by Gasteiger charge is -2.17. The van der Waals surface area contributed by atoms with Crippen LogP contribution in [0.15, 0.2) is 18.2 Å². The van der Waals surface area contributed by atoms with Crippen LogP contribution < -0.4 is 5.32 Å². The Balaban J connectivity index is 1.81. The molecule has 0 bridgehead atoms. The second-order valence-corrected chi connectivity index (χ2v) is 5.64. The number of fused-ring (bicyclic) bond motifs is 1. The Kier molecular flexibility index (Phi) is 4.97. The molecule has 3 nitrogen and oxygen atoms in total. The second-order valence-electron chi connectivity index (χ2n) is 5.64. The number of nitrogens with one attached hydrogen (secondary N) is 1.